The maximum absolute atomic E-state index is 10.7. The molecule has 1 rings (SSSR count). The van der Waals surface area contributed by atoms with Gasteiger partial charge in [0.2, 0.25) is 0 Å². The van der Waals surface area contributed by atoms with E-state index in [0.717, 1.165) is 0 Å². The Kier molecular flexibility index (Phi) is 2.41. The van der Waals surface area contributed by atoms with Gasteiger partial charge < -0.3 is 20.7 Å². The van der Waals surface area contributed by atoms with E-state index in [2.05, 4.69) is 4.74 Å². The van der Waals surface area contributed by atoms with E-state index in [4.69, 9.17) is 15.9 Å². The highest BCUT2D eigenvalue weighted by Crippen LogP contribution is 2.14. The maximum atomic E-state index is 10.7. The summed E-state index contributed by atoms with van der Waals surface area (Å²) in [5.41, 5.74) is 5.04. The zero-order chi connectivity index (χ0) is 9.30. The number of ketones is 1. The number of aliphatic hydroxyl groups excluding tert-OH is 2. The number of rotatable bonds is 2. The first-order valence-electron chi connectivity index (χ1n) is 3.39. The van der Waals surface area contributed by atoms with Crippen LogP contribution in [-0.4, -0.2) is 46.8 Å². The van der Waals surface area contributed by atoms with Gasteiger partial charge in [-0.25, -0.2) is 4.79 Å². The molecular formula is C6H9NO5. The molecule has 0 radical (unpaired) electrons. The zero-order valence-electron chi connectivity index (χ0n) is 6.14. The molecule has 4 N–H and O–H groups in total. The molecule has 0 saturated carbocycles. The van der Waals surface area contributed by atoms with Crippen LogP contribution in [0.15, 0.2) is 0 Å². The molecule has 0 aromatic rings. The third-order valence-electron chi connectivity index (χ3n) is 1.64. The number of hydrogen-bond donors (Lipinski definition) is 3. The van der Waals surface area contributed by atoms with Gasteiger partial charge in [0.1, 0.15) is 6.10 Å². The molecule has 1 saturated heterocycles. The van der Waals surface area contributed by atoms with Crippen molar-refractivity contribution >= 4 is 11.8 Å². The van der Waals surface area contributed by atoms with Crippen molar-refractivity contribution in [3.63, 3.8) is 0 Å². The minimum atomic E-state index is -1.59. The second-order valence-corrected chi connectivity index (χ2v) is 2.48. The molecule has 0 spiro atoms. The maximum Gasteiger partial charge on any atom is 0.378 e. The van der Waals surface area contributed by atoms with Gasteiger partial charge in [0, 0.05) is 6.54 Å². The zero-order valence-corrected chi connectivity index (χ0v) is 6.14. The molecule has 3 unspecified atom stereocenters. The lowest BCUT2D eigenvalue weighted by Crippen LogP contribution is -2.41. The topological polar surface area (TPSA) is 110 Å². The van der Waals surface area contributed by atoms with Crippen LogP contribution < -0.4 is 5.73 Å². The summed E-state index contributed by atoms with van der Waals surface area (Å²) >= 11 is 0. The minimum absolute atomic E-state index is 0.178. The average Bonchev–Trinajstić information content (AvgIpc) is 2.32. The first kappa shape index (κ1) is 9.11. The Bertz CT molecular complexity index is 216. The summed E-state index contributed by atoms with van der Waals surface area (Å²) in [5, 5.41) is 18.1. The first-order chi connectivity index (χ1) is 5.57. The van der Waals surface area contributed by atoms with Crippen molar-refractivity contribution in [2.24, 2.45) is 5.73 Å². The van der Waals surface area contributed by atoms with Crippen LogP contribution in [0.2, 0.25) is 0 Å². The molecular weight excluding hydrogens is 166 g/mol. The molecule has 6 heteroatoms. The summed E-state index contributed by atoms with van der Waals surface area (Å²) in [6.45, 7) is -0.178. The Morgan fingerprint density at radius 1 is 1.58 bits per heavy atom. The molecule has 0 amide bonds. The predicted octanol–water partition coefficient (Wildman–Crippen LogP) is -2.84. The van der Waals surface area contributed by atoms with Crippen molar-refractivity contribution in [1.29, 1.82) is 0 Å². The molecule has 0 aliphatic carbocycles. The fraction of sp³-hybridized carbons (Fsp3) is 0.667. The van der Waals surface area contributed by atoms with Gasteiger partial charge in [0.05, 0.1) is 0 Å². The van der Waals surface area contributed by atoms with Gasteiger partial charge in [-0.15, -0.1) is 0 Å². The standard InChI is InChI=1S/C6H9NO5/c7-1-2(8)5-3(9)4(10)6(11)12-5/h2-3,5,8-9H,1,7H2. The van der Waals surface area contributed by atoms with Gasteiger partial charge >= 0.3 is 5.97 Å². The van der Waals surface area contributed by atoms with Gasteiger partial charge in [-0.2, -0.15) is 0 Å². The molecule has 12 heavy (non-hydrogen) atoms. The van der Waals surface area contributed by atoms with Gasteiger partial charge in [0.15, 0.2) is 12.2 Å². The van der Waals surface area contributed by atoms with Crippen molar-refractivity contribution in [1.82, 2.24) is 0 Å². The Balaban J connectivity index is 2.70. The predicted molar refractivity (Wildman–Crippen MR) is 36.0 cm³/mol. The van der Waals surface area contributed by atoms with E-state index in [1.54, 1.807) is 0 Å². The van der Waals surface area contributed by atoms with Crippen molar-refractivity contribution in [2.45, 2.75) is 18.3 Å². The summed E-state index contributed by atoms with van der Waals surface area (Å²) in [7, 11) is 0. The lowest BCUT2D eigenvalue weighted by atomic mass is 10.1. The second kappa shape index (κ2) is 3.18. The van der Waals surface area contributed by atoms with Gasteiger partial charge in [0.25, 0.3) is 5.78 Å². The van der Waals surface area contributed by atoms with Gasteiger partial charge in [-0.3, -0.25) is 4.79 Å². The van der Waals surface area contributed by atoms with E-state index in [9.17, 15) is 9.59 Å². The van der Waals surface area contributed by atoms with Crippen LogP contribution in [0.5, 0.6) is 0 Å². The number of hydrogen-bond acceptors (Lipinski definition) is 6. The highest BCUT2D eigenvalue weighted by Gasteiger charge is 2.45. The Labute approximate surface area is 67.9 Å². The molecule has 0 bridgehead atoms. The number of cyclic esters (lactones) is 1. The number of aliphatic hydroxyl groups is 2. The van der Waals surface area contributed by atoms with Crippen molar-refractivity contribution in [2.75, 3.05) is 6.54 Å². The van der Waals surface area contributed by atoms with E-state index in [0.29, 0.717) is 0 Å². The third kappa shape index (κ3) is 1.31. The summed E-state index contributed by atoms with van der Waals surface area (Å²) in [4.78, 5) is 21.2. The van der Waals surface area contributed by atoms with Crippen molar-refractivity contribution < 1.29 is 24.5 Å². The van der Waals surface area contributed by atoms with E-state index in [1.807, 2.05) is 0 Å². The highest BCUT2D eigenvalue weighted by atomic mass is 16.6. The first-order valence-corrected chi connectivity index (χ1v) is 3.39. The molecule has 0 aromatic carbocycles. The van der Waals surface area contributed by atoms with Gasteiger partial charge in [-0.05, 0) is 0 Å². The fourth-order valence-corrected chi connectivity index (χ4v) is 0.939. The molecule has 1 fully saturated rings. The Morgan fingerprint density at radius 3 is 2.50 bits per heavy atom. The number of carbonyl (C=O) groups excluding carboxylic acids is 2. The molecule has 1 aliphatic rings. The monoisotopic (exact) mass is 175 g/mol. The summed E-state index contributed by atoms with van der Waals surface area (Å²) < 4.78 is 4.37. The number of ether oxygens (including phenoxy) is 1. The Morgan fingerprint density at radius 2 is 2.17 bits per heavy atom. The lowest BCUT2D eigenvalue weighted by Gasteiger charge is -2.16. The van der Waals surface area contributed by atoms with E-state index < -0.39 is 30.1 Å². The van der Waals surface area contributed by atoms with Crippen LogP contribution in [0.3, 0.4) is 0 Å². The molecule has 68 valence electrons. The number of nitrogens with two attached hydrogens (primary N) is 1. The van der Waals surface area contributed by atoms with E-state index in [1.165, 1.54) is 0 Å². The number of esters is 1. The average molecular weight is 175 g/mol. The van der Waals surface area contributed by atoms with E-state index >= 15 is 0 Å². The molecule has 1 aliphatic heterocycles. The van der Waals surface area contributed by atoms with Crippen molar-refractivity contribution in [3.05, 3.63) is 0 Å². The number of Topliss-reactive ketones (excluding diaryl/α,β-unsaturated/α-hetero) is 1. The van der Waals surface area contributed by atoms with Crippen molar-refractivity contribution in [3.8, 4) is 0 Å². The second-order valence-electron chi connectivity index (χ2n) is 2.48. The van der Waals surface area contributed by atoms with E-state index in [-0.39, 0.29) is 6.54 Å². The molecule has 3 atom stereocenters. The van der Waals surface area contributed by atoms with Crippen LogP contribution in [0.4, 0.5) is 0 Å². The van der Waals surface area contributed by atoms with Crippen LogP contribution in [0.25, 0.3) is 0 Å². The van der Waals surface area contributed by atoms with Crippen LogP contribution >= 0.6 is 0 Å². The normalized spacial score (nSPS) is 31.9. The largest absolute Gasteiger partial charge is 0.450 e. The quantitative estimate of drug-likeness (QED) is 0.308. The fourth-order valence-electron chi connectivity index (χ4n) is 0.939. The highest BCUT2D eigenvalue weighted by molar-refractivity contribution is 6.37. The molecule has 1 heterocycles. The molecule has 0 aromatic heterocycles. The van der Waals surface area contributed by atoms with Crippen LogP contribution in [-0.2, 0) is 14.3 Å². The van der Waals surface area contributed by atoms with Crippen LogP contribution in [0.1, 0.15) is 0 Å². The smallest absolute Gasteiger partial charge is 0.378 e. The van der Waals surface area contributed by atoms with Crippen LogP contribution in [0, 0.1) is 0 Å². The minimum Gasteiger partial charge on any atom is -0.450 e. The van der Waals surface area contributed by atoms with Gasteiger partial charge in [-0.1, -0.05) is 0 Å². The summed E-state index contributed by atoms with van der Waals surface area (Å²) in [6, 6.07) is 0. The Hall–Kier alpha value is -0.980. The number of carbonyl (C=O) groups is 2. The third-order valence-corrected chi connectivity index (χ3v) is 1.64. The lowest BCUT2D eigenvalue weighted by molar-refractivity contribution is -0.151. The molecule has 6 nitrogen and oxygen atoms in total. The SMILES string of the molecule is NCC(O)C1OC(=O)C(=O)C1O. The summed E-state index contributed by atoms with van der Waals surface area (Å²) in [6.07, 6.45) is -4.00. The summed E-state index contributed by atoms with van der Waals surface area (Å²) in [5.74, 6) is -2.16.